The van der Waals surface area contributed by atoms with E-state index in [9.17, 15) is 8.42 Å². The summed E-state index contributed by atoms with van der Waals surface area (Å²) >= 11 is 0. The summed E-state index contributed by atoms with van der Waals surface area (Å²) in [5.41, 5.74) is 0. The summed E-state index contributed by atoms with van der Waals surface area (Å²) in [6, 6.07) is 0.593. The lowest BCUT2D eigenvalue weighted by Crippen LogP contribution is -2.40. The maximum absolute atomic E-state index is 11.1. The zero-order chi connectivity index (χ0) is 12.2. The van der Waals surface area contributed by atoms with Crippen LogP contribution in [0, 0.1) is 11.8 Å². The molecule has 4 heteroatoms. The molecule has 16 heavy (non-hydrogen) atoms. The molecule has 0 amide bonds. The van der Waals surface area contributed by atoms with E-state index < -0.39 is 9.84 Å². The Morgan fingerprint density at radius 2 is 1.94 bits per heavy atom. The summed E-state index contributed by atoms with van der Waals surface area (Å²) in [7, 11) is -2.83. The van der Waals surface area contributed by atoms with Gasteiger partial charge in [0.2, 0.25) is 0 Å². The van der Waals surface area contributed by atoms with Gasteiger partial charge in [0.15, 0.2) is 0 Å². The Bertz CT molecular complexity index is 300. The first-order valence-corrected chi connectivity index (χ1v) is 8.35. The molecule has 0 aliphatic heterocycles. The van der Waals surface area contributed by atoms with Gasteiger partial charge >= 0.3 is 0 Å². The highest BCUT2D eigenvalue weighted by Gasteiger charge is 2.21. The van der Waals surface area contributed by atoms with E-state index in [0.29, 0.717) is 11.8 Å². The minimum absolute atomic E-state index is 0.212. The largest absolute Gasteiger partial charge is 0.313 e. The van der Waals surface area contributed by atoms with Crippen molar-refractivity contribution in [1.29, 1.82) is 0 Å². The Morgan fingerprint density at radius 3 is 2.50 bits per heavy atom. The lowest BCUT2D eigenvalue weighted by atomic mass is 9.86. The number of hydrogen-bond donors (Lipinski definition) is 1. The maximum Gasteiger partial charge on any atom is 0.147 e. The minimum atomic E-state index is -2.83. The van der Waals surface area contributed by atoms with Crippen LogP contribution in [0.4, 0.5) is 0 Å². The van der Waals surface area contributed by atoms with Crippen LogP contribution in [0.15, 0.2) is 0 Å². The normalized spacial score (nSPS) is 28.9. The van der Waals surface area contributed by atoms with Crippen molar-refractivity contribution in [3.8, 4) is 0 Å². The average Bonchev–Trinajstić information content (AvgIpc) is 2.14. The fourth-order valence-corrected chi connectivity index (χ4v) is 3.70. The fourth-order valence-electron chi connectivity index (χ4n) is 2.55. The predicted molar refractivity (Wildman–Crippen MR) is 68.3 cm³/mol. The molecule has 96 valence electrons. The lowest BCUT2D eigenvalue weighted by Gasteiger charge is -2.30. The molecule has 0 aromatic heterocycles. The number of nitrogens with one attached hydrogen (secondary N) is 1. The van der Waals surface area contributed by atoms with Crippen LogP contribution in [-0.2, 0) is 9.84 Å². The molecular weight excluding hydrogens is 222 g/mol. The van der Waals surface area contributed by atoms with Crippen LogP contribution in [0.1, 0.15) is 39.5 Å². The van der Waals surface area contributed by atoms with Gasteiger partial charge in [0.1, 0.15) is 9.84 Å². The minimum Gasteiger partial charge on any atom is -0.313 e. The van der Waals surface area contributed by atoms with Crippen molar-refractivity contribution in [2.75, 3.05) is 18.6 Å². The topological polar surface area (TPSA) is 46.2 Å². The SMILES string of the molecule is C[C@H](CN[C@H]1CCCC[C@@H]1C)CS(C)(=O)=O. The lowest BCUT2D eigenvalue weighted by molar-refractivity contribution is 0.273. The van der Waals surface area contributed by atoms with Gasteiger partial charge in [-0.2, -0.15) is 0 Å². The van der Waals surface area contributed by atoms with Crippen molar-refractivity contribution in [2.45, 2.75) is 45.6 Å². The third kappa shape index (κ3) is 5.30. The summed E-state index contributed by atoms with van der Waals surface area (Å²) in [5.74, 6) is 1.24. The molecule has 0 aromatic rings. The Labute approximate surface area is 99.9 Å². The van der Waals surface area contributed by atoms with Crippen molar-refractivity contribution in [3.05, 3.63) is 0 Å². The fraction of sp³-hybridized carbons (Fsp3) is 1.00. The molecular formula is C12H25NO2S. The van der Waals surface area contributed by atoms with Crippen LogP contribution < -0.4 is 5.32 Å². The summed E-state index contributed by atoms with van der Waals surface area (Å²) in [6.45, 7) is 5.11. The van der Waals surface area contributed by atoms with E-state index in [-0.39, 0.29) is 5.92 Å². The first-order valence-electron chi connectivity index (χ1n) is 6.29. The van der Waals surface area contributed by atoms with E-state index in [4.69, 9.17) is 0 Å². The molecule has 1 rings (SSSR count). The highest BCUT2D eigenvalue weighted by molar-refractivity contribution is 7.90. The second-order valence-corrected chi connectivity index (χ2v) is 7.66. The van der Waals surface area contributed by atoms with Crippen molar-refractivity contribution in [3.63, 3.8) is 0 Å². The third-order valence-corrected chi connectivity index (χ3v) is 4.60. The molecule has 0 heterocycles. The smallest absolute Gasteiger partial charge is 0.147 e. The van der Waals surface area contributed by atoms with Gasteiger partial charge in [-0.05, 0) is 31.2 Å². The molecule has 3 atom stereocenters. The molecule has 1 N–H and O–H groups in total. The van der Waals surface area contributed by atoms with E-state index in [0.717, 1.165) is 12.5 Å². The van der Waals surface area contributed by atoms with Gasteiger partial charge in [-0.3, -0.25) is 0 Å². The van der Waals surface area contributed by atoms with Crippen LogP contribution in [0.3, 0.4) is 0 Å². The van der Waals surface area contributed by atoms with Gasteiger partial charge in [-0.1, -0.05) is 26.7 Å². The summed E-state index contributed by atoms with van der Waals surface area (Å²) in [5, 5.41) is 3.53. The average molecular weight is 247 g/mol. The molecule has 0 spiro atoms. The molecule has 0 saturated heterocycles. The predicted octanol–water partition coefficient (Wildman–Crippen LogP) is 1.84. The molecule has 0 aromatic carbocycles. The van der Waals surface area contributed by atoms with Gasteiger partial charge in [0.05, 0.1) is 5.75 Å². The number of sulfone groups is 1. The molecule has 0 radical (unpaired) electrons. The molecule has 1 aliphatic carbocycles. The third-order valence-electron chi connectivity index (χ3n) is 3.43. The Hall–Kier alpha value is -0.0900. The molecule has 1 fully saturated rings. The highest BCUT2D eigenvalue weighted by Crippen LogP contribution is 2.23. The maximum atomic E-state index is 11.1. The van der Waals surface area contributed by atoms with E-state index in [2.05, 4.69) is 12.2 Å². The number of rotatable bonds is 5. The van der Waals surface area contributed by atoms with Gasteiger partial charge in [-0.25, -0.2) is 8.42 Å². The number of hydrogen-bond acceptors (Lipinski definition) is 3. The quantitative estimate of drug-likeness (QED) is 0.806. The zero-order valence-electron chi connectivity index (χ0n) is 10.7. The monoisotopic (exact) mass is 247 g/mol. The first kappa shape index (κ1) is 14.0. The van der Waals surface area contributed by atoms with Crippen LogP contribution in [0.5, 0.6) is 0 Å². The molecule has 3 nitrogen and oxygen atoms in total. The standard InChI is InChI=1S/C12H25NO2S/c1-10(9-16(3,14)15)8-13-12-7-5-4-6-11(12)2/h10-13H,4-9H2,1-3H3/t10-,11+,12+/m1/s1. The summed E-state index contributed by atoms with van der Waals surface area (Å²) in [4.78, 5) is 0. The van der Waals surface area contributed by atoms with Crippen LogP contribution in [0.25, 0.3) is 0 Å². The molecule has 0 bridgehead atoms. The van der Waals surface area contributed by atoms with Gasteiger partial charge < -0.3 is 5.32 Å². The first-order chi connectivity index (χ1) is 7.38. The zero-order valence-corrected chi connectivity index (χ0v) is 11.5. The van der Waals surface area contributed by atoms with E-state index >= 15 is 0 Å². The second-order valence-electron chi connectivity index (χ2n) is 5.47. The van der Waals surface area contributed by atoms with E-state index in [1.807, 2.05) is 6.92 Å². The van der Waals surface area contributed by atoms with Crippen LogP contribution in [-0.4, -0.2) is 33.0 Å². The summed E-state index contributed by atoms with van der Waals surface area (Å²) < 4.78 is 22.3. The molecule has 1 aliphatic rings. The van der Waals surface area contributed by atoms with Crippen LogP contribution >= 0.6 is 0 Å². The van der Waals surface area contributed by atoms with Gasteiger partial charge in [0.25, 0.3) is 0 Å². The Kier molecular flexibility index (Phi) is 5.25. The van der Waals surface area contributed by atoms with E-state index in [1.54, 1.807) is 0 Å². The van der Waals surface area contributed by atoms with Gasteiger partial charge in [0, 0.05) is 12.3 Å². The van der Waals surface area contributed by atoms with Crippen LogP contribution in [0.2, 0.25) is 0 Å². The summed E-state index contributed by atoms with van der Waals surface area (Å²) in [6.07, 6.45) is 6.51. The highest BCUT2D eigenvalue weighted by atomic mass is 32.2. The molecule has 0 unspecified atom stereocenters. The Morgan fingerprint density at radius 1 is 1.31 bits per heavy atom. The Balaban J connectivity index is 2.28. The van der Waals surface area contributed by atoms with Crippen molar-refractivity contribution >= 4 is 9.84 Å². The second kappa shape index (κ2) is 6.01. The van der Waals surface area contributed by atoms with Crippen molar-refractivity contribution in [2.24, 2.45) is 11.8 Å². The van der Waals surface area contributed by atoms with Crippen molar-refractivity contribution < 1.29 is 8.42 Å². The molecule has 1 saturated carbocycles. The van der Waals surface area contributed by atoms with Gasteiger partial charge in [-0.15, -0.1) is 0 Å². The van der Waals surface area contributed by atoms with E-state index in [1.165, 1.54) is 31.9 Å². The van der Waals surface area contributed by atoms with Crippen molar-refractivity contribution in [1.82, 2.24) is 5.32 Å².